The van der Waals surface area contributed by atoms with Gasteiger partial charge in [0.15, 0.2) is 0 Å². The van der Waals surface area contributed by atoms with Gasteiger partial charge in [-0.05, 0) is 56.1 Å². The molecule has 2 fully saturated rings. The summed E-state index contributed by atoms with van der Waals surface area (Å²) in [6.07, 6.45) is 3.24. The summed E-state index contributed by atoms with van der Waals surface area (Å²) in [7, 11) is 0. The topological polar surface area (TPSA) is 151 Å². The van der Waals surface area contributed by atoms with Gasteiger partial charge in [-0.25, -0.2) is 4.79 Å². The number of hydrogen-bond donors (Lipinski definition) is 1. The number of aliphatic hydroxyl groups excluding tert-OH is 1. The fourth-order valence-electron chi connectivity index (χ4n) is 8.38. The van der Waals surface area contributed by atoms with Crippen molar-refractivity contribution in [2.45, 2.75) is 104 Å². The molecule has 11 heteroatoms. The molecule has 8 atom stereocenters. The van der Waals surface area contributed by atoms with Crippen molar-refractivity contribution in [2.75, 3.05) is 6.61 Å². The quantitative estimate of drug-likeness (QED) is 0.314. The summed E-state index contributed by atoms with van der Waals surface area (Å²) >= 11 is 0. The minimum absolute atomic E-state index is 0.00755. The monoisotopic (exact) mass is 625 g/mol. The van der Waals surface area contributed by atoms with Gasteiger partial charge in [-0.2, -0.15) is 0 Å². The standard InChI is InChI=1S/C34H43NO10/c1-7-8-11-27(38)44-26-16-24-32(4,13-12-25(42-20(3)37)33(24,5)18-41-19(2)36)30-29(39)28-23(45-34(26,30)6)15-22(43-31(28)40)21-10-9-14-35-17-21/h9-10,14-15,17,24-26,29-30,39H,7-8,11-13,16,18H2,1-6H3/t24?,25-,26-,29-,30?,32-,33-,34+/m0/s1. The molecule has 0 aromatic carbocycles. The van der Waals surface area contributed by atoms with E-state index in [-0.39, 0.29) is 42.4 Å². The Morgan fingerprint density at radius 3 is 2.51 bits per heavy atom. The lowest BCUT2D eigenvalue weighted by Crippen LogP contribution is -2.71. The first kappa shape index (κ1) is 32.7. The highest BCUT2D eigenvalue weighted by Crippen LogP contribution is 2.67. The summed E-state index contributed by atoms with van der Waals surface area (Å²) in [6.45, 7) is 10.3. The molecule has 2 aromatic heterocycles. The van der Waals surface area contributed by atoms with Crippen LogP contribution in [0.3, 0.4) is 0 Å². The second-order valence-corrected chi connectivity index (χ2v) is 13.4. The molecule has 0 amide bonds. The van der Waals surface area contributed by atoms with Gasteiger partial charge < -0.3 is 28.5 Å². The average Bonchev–Trinajstić information content (AvgIpc) is 2.97. The van der Waals surface area contributed by atoms with Crippen molar-refractivity contribution in [2.24, 2.45) is 22.7 Å². The summed E-state index contributed by atoms with van der Waals surface area (Å²) in [5.74, 6) is -2.08. The zero-order chi connectivity index (χ0) is 32.7. The third kappa shape index (κ3) is 5.75. The zero-order valence-electron chi connectivity index (χ0n) is 26.8. The first-order valence-corrected chi connectivity index (χ1v) is 15.7. The molecule has 11 nitrogen and oxygen atoms in total. The number of unbranched alkanes of at least 4 members (excludes halogenated alkanes) is 1. The van der Waals surface area contributed by atoms with Gasteiger partial charge in [0.1, 0.15) is 41.5 Å². The molecule has 5 rings (SSSR count). The Labute approximate surface area is 262 Å². The fourth-order valence-corrected chi connectivity index (χ4v) is 8.38. The van der Waals surface area contributed by atoms with Crippen LogP contribution in [0.15, 0.2) is 39.8 Å². The van der Waals surface area contributed by atoms with Gasteiger partial charge >= 0.3 is 23.5 Å². The van der Waals surface area contributed by atoms with E-state index in [9.17, 15) is 24.3 Å². The van der Waals surface area contributed by atoms with E-state index in [0.717, 1.165) is 6.42 Å². The van der Waals surface area contributed by atoms with Crippen LogP contribution in [0.1, 0.15) is 91.7 Å². The van der Waals surface area contributed by atoms with E-state index in [1.807, 2.05) is 27.7 Å². The maximum atomic E-state index is 13.5. The summed E-state index contributed by atoms with van der Waals surface area (Å²) < 4.78 is 30.0. The van der Waals surface area contributed by atoms with E-state index < -0.39 is 64.2 Å². The Balaban J connectivity index is 1.66. The van der Waals surface area contributed by atoms with Crippen LogP contribution >= 0.6 is 0 Å². The maximum absolute atomic E-state index is 13.5. The Kier molecular flexibility index (Phi) is 8.87. The fraction of sp³-hybridized carbons (Fsp3) is 0.618. The lowest BCUT2D eigenvalue weighted by Gasteiger charge is -2.66. The van der Waals surface area contributed by atoms with E-state index in [1.54, 1.807) is 30.6 Å². The van der Waals surface area contributed by atoms with Crippen LogP contribution in [-0.2, 0) is 28.6 Å². The third-order valence-corrected chi connectivity index (χ3v) is 10.4. The lowest BCUT2D eigenvalue weighted by atomic mass is 9.42. The van der Waals surface area contributed by atoms with Crippen molar-refractivity contribution in [1.29, 1.82) is 0 Å². The normalized spacial score (nSPS) is 33.4. The number of carbonyl (C=O) groups is 3. The number of rotatable bonds is 8. The number of pyridine rings is 1. The number of aromatic nitrogens is 1. The first-order valence-electron chi connectivity index (χ1n) is 15.7. The van der Waals surface area contributed by atoms with Crippen LogP contribution in [0.2, 0.25) is 0 Å². The van der Waals surface area contributed by atoms with Crippen molar-refractivity contribution in [1.82, 2.24) is 4.98 Å². The zero-order valence-corrected chi connectivity index (χ0v) is 26.8. The summed E-state index contributed by atoms with van der Waals surface area (Å²) in [5.41, 5.74) is -3.08. The summed E-state index contributed by atoms with van der Waals surface area (Å²) in [6, 6.07) is 5.04. The number of carbonyl (C=O) groups excluding carboxylic acids is 3. The van der Waals surface area contributed by atoms with Gasteiger partial charge in [0.05, 0.1) is 6.10 Å². The number of esters is 3. The van der Waals surface area contributed by atoms with Crippen LogP contribution in [0, 0.1) is 22.7 Å². The predicted molar refractivity (Wildman–Crippen MR) is 161 cm³/mol. The van der Waals surface area contributed by atoms with Crippen molar-refractivity contribution in [3.8, 4) is 17.1 Å². The van der Waals surface area contributed by atoms with Crippen molar-refractivity contribution < 1.29 is 42.9 Å². The van der Waals surface area contributed by atoms with Crippen LogP contribution < -0.4 is 10.4 Å². The molecule has 0 saturated heterocycles. The smallest absolute Gasteiger partial charge is 0.345 e. The molecule has 2 unspecified atom stereocenters. The van der Waals surface area contributed by atoms with Gasteiger partial charge in [0.2, 0.25) is 0 Å². The molecule has 2 aliphatic carbocycles. The van der Waals surface area contributed by atoms with Crippen molar-refractivity contribution in [3.05, 3.63) is 46.6 Å². The average molecular weight is 626 g/mol. The van der Waals surface area contributed by atoms with E-state index in [2.05, 4.69) is 4.98 Å². The molecule has 3 aliphatic rings. The molecule has 2 saturated carbocycles. The highest BCUT2D eigenvalue weighted by molar-refractivity contribution is 5.70. The van der Waals surface area contributed by atoms with Crippen LogP contribution in [-0.4, -0.2) is 52.4 Å². The highest BCUT2D eigenvalue weighted by Gasteiger charge is 2.70. The minimum atomic E-state index is -1.34. The Bertz CT molecular complexity index is 1510. The predicted octanol–water partition coefficient (Wildman–Crippen LogP) is 4.93. The first-order chi connectivity index (χ1) is 21.2. The largest absolute Gasteiger partial charge is 0.482 e. The summed E-state index contributed by atoms with van der Waals surface area (Å²) in [4.78, 5) is 55.1. The van der Waals surface area contributed by atoms with E-state index >= 15 is 0 Å². The second kappa shape index (κ2) is 12.2. The van der Waals surface area contributed by atoms with Gasteiger partial charge in [0, 0.05) is 55.6 Å². The van der Waals surface area contributed by atoms with Crippen molar-refractivity contribution in [3.63, 3.8) is 0 Å². The highest BCUT2D eigenvalue weighted by atomic mass is 16.6. The molecule has 1 N–H and O–H groups in total. The van der Waals surface area contributed by atoms with Gasteiger partial charge in [-0.3, -0.25) is 19.4 Å². The maximum Gasteiger partial charge on any atom is 0.345 e. The number of aliphatic hydroxyl groups is 1. The molecule has 0 bridgehead atoms. The number of nitrogens with zero attached hydrogens (tertiary/aromatic N) is 1. The summed E-state index contributed by atoms with van der Waals surface area (Å²) in [5, 5.41) is 12.2. The van der Waals surface area contributed by atoms with Gasteiger partial charge in [0.25, 0.3) is 0 Å². The molecular formula is C34H43NO10. The Morgan fingerprint density at radius 2 is 1.87 bits per heavy atom. The van der Waals surface area contributed by atoms with E-state index in [4.69, 9.17) is 23.4 Å². The van der Waals surface area contributed by atoms with Crippen LogP contribution in [0.5, 0.6) is 5.75 Å². The van der Waals surface area contributed by atoms with Crippen LogP contribution in [0.4, 0.5) is 0 Å². The number of hydrogen-bond acceptors (Lipinski definition) is 11. The molecule has 1 aliphatic heterocycles. The molecule has 2 aromatic rings. The Morgan fingerprint density at radius 1 is 1.11 bits per heavy atom. The van der Waals surface area contributed by atoms with E-state index in [1.165, 1.54) is 13.8 Å². The second-order valence-electron chi connectivity index (χ2n) is 13.4. The molecular weight excluding hydrogens is 582 g/mol. The van der Waals surface area contributed by atoms with E-state index in [0.29, 0.717) is 24.8 Å². The molecule has 3 heterocycles. The SMILES string of the molecule is CCCCC(=O)O[C@H]1CC2[C@](C)(CC[C@H](OC(C)=O)[C@@]2(C)COC(C)=O)C2[C@@H](O)c3c(cc(-c4cccnc4)oc3=O)O[C@@]21C. The van der Waals surface area contributed by atoms with Gasteiger partial charge in [-0.15, -0.1) is 0 Å². The molecule has 0 spiro atoms. The minimum Gasteiger partial charge on any atom is -0.482 e. The lowest BCUT2D eigenvalue weighted by molar-refractivity contribution is -0.271. The molecule has 244 valence electrons. The van der Waals surface area contributed by atoms with Crippen LogP contribution in [0.25, 0.3) is 11.3 Å². The molecule has 0 radical (unpaired) electrons. The number of fused-ring (bicyclic) bond motifs is 4. The third-order valence-electron chi connectivity index (χ3n) is 10.4. The number of ether oxygens (including phenoxy) is 4. The van der Waals surface area contributed by atoms with Gasteiger partial charge in [-0.1, -0.05) is 27.2 Å². The van der Waals surface area contributed by atoms with Crippen molar-refractivity contribution >= 4 is 17.9 Å². The molecule has 45 heavy (non-hydrogen) atoms. The Hall–Kier alpha value is -3.73.